The average molecular weight is 417 g/mol. The molecule has 8 heteroatoms. The summed E-state index contributed by atoms with van der Waals surface area (Å²) in [6, 6.07) is 13.8. The minimum atomic E-state index is -0.428. The van der Waals surface area contributed by atoms with Gasteiger partial charge in [-0.3, -0.25) is 4.79 Å². The summed E-state index contributed by atoms with van der Waals surface area (Å²) < 4.78 is 10.6. The second kappa shape index (κ2) is 9.43. The number of rotatable bonds is 7. The van der Waals surface area contributed by atoms with Crippen molar-refractivity contribution >= 4 is 40.9 Å². The Labute approximate surface area is 171 Å². The molecule has 0 aliphatic heterocycles. The van der Waals surface area contributed by atoms with Crippen molar-refractivity contribution in [2.24, 2.45) is 0 Å². The van der Waals surface area contributed by atoms with Crippen LogP contribution in [-0.4, -0.2) is 29.2 Å². The van der Waals surface area contributed by atoms with E-state index in [1.807, 2.05) is 12.1 Å². The molecule has 0 radical (unpaired) electrons. The molecule has 1 aromatic heterocycles. The van der Waals surface area contributed by atoms with Gasteiger partial charge in [0.05, 0.1) is 24.1 Å². The molecule has 28 heavy (non-hydrogen) atoms. The van der Waals surface area contributed by atoms with Gasteiger partial charge in [0, 0.05) is 16.3 Å². The smallest absolute Gasteiger partial charge is 0.338 e. The molecule has 3 aromatic rings. The van der Waals surface area contributed by atoms with Crippen molar-refractivity contribution in [1.82, 2.24) is 4.98 Å². The van der Waals surface area contributed by atoms with Crippen molar-refractivity contribution in [1.29, 1.82) is 0 Å². The number of amides is 1. The van der Waals surface area contributed by atoms with Crippen LogP contribution in [0.4, 0.5) is 5.69 Å². The Morgan fingerprint density at radius 2 is 2.00 bits per heavy atom. The zero-order valence-corrected chi connectivity index (χ0v) is 16.5. The van der Waals surface area contributed by atoms with E-state index in [2.05, 4.69) is 10.3 Å². The predicted octanol–water partition coefficient (Wildman–Crippen LogP) is 4.90. The van der Waals surface area contributed by atoms with E-state index >= 15 is 0 Å². The number of hydrogen-bond acceptors (Lipinski definition) is 6. The zero-order valence-electron chi connectivity index (χ0n) is 15.0. The predicted molar refractivity (Wildman–Crippen MR) is 109 cm³/mol. The number of ether oxygens (including phenoxy) is 1. The second-order valence-electron chi connectivity index (χ2n) is 5.64. The van der Waals surface area contributed by atoms with Crippen molar-refractivity contribution in [2.45, 2.75) is 12.1 Å². The van der Waals surface area contributed by atoms with E-state index < -0.39 is 5.97 Å². The molecule has 0 spiro atoms. The van der Waals surface area contributed by atoms with Gasteiger partial charge in [-0.05, 0) is 49.4 Å². The Bertz CT molecular complexity index is 972. The summed E-state index contributed by atoms with van der Waals surface area (Å²) in [5.74, 6) is 0.0472. The van der Waals surface area contributed by atoms with Crippen molar-refractivity contribution in [3.63, 3.8) is 0 Å². The van der Waals surface area contributed by atoms with Crippen molar-refractivity contribution in [3.05, 3.63) is 65.3 Å². The van der Waals surface area contributed by atoms with Crippen LogP contribution in [0, 0.1) is 0 Å². The lowest BCUT2D eigenvalue weighted by molar-refractivity contribution is -0.113. The number of benzene rings is 2. The lowest BCUT2D eigenvalue weighted by Crippen LogP contribution is -2.14. The first-order valence-corrected chi connectivity index (χ1v) is 9.83. The third kappa shape index (κ3) is 5.37. The molecule has 0 bridgehead atoms. The molecule has 2 aromatic carbocycles. The fraction of sp³-hybridized carbons (Fsp3) is 0.150. The van der Waals surface area contributed by atoms with Crippen LogP contribution in [-0.2, 0) is 9.53 Å². The van der Waals surface area contributed by atoms with E-state index in [9.17, 15) is 9.59 Å². The van der Waals surface area contributed by atoms with Gasteiger partial charge in [0.2, 0.25) is 5.91 Å². The summed E-state index contributed by atoms with van der Waals surface area (Å²) in [6.07, 6.45) is 1.60. The van der Waals surface area contributed by atoms with Gasteiger partial charge < -0.3 is 14.5 Å². The summed E-state index contributed by atoms with van der Waals surface area (Å²) in [7, 11) is 0. The molecule has 0 unspecified atom stereocenters. The number of halogens is 1. The van der Waals surface area contributed by atoms with Gasteiger partial charge in [-0.2, -0.15) is 0 Å². The number of esters is 1. The van der Waals surface area contributed by atoms with Crippen molar-refractivity contribution in [2.75, 3.05) is 17.7 Å². The summed E-state index contributed by atoms with van der Waals surface area (Å²) in [5.41, 5.74) is 1.75. The van der Waals surface area contributed by atoms with Crippen molar-refractivity contribution < 1.29 is 18.7 Å². The van der Waals surface area contributed by atoms with Crippen LogP contribution in [0.15, 0.2) is 64.4 Å². The molecule has 0 fully saturated rings. The van der Waals surface area contributed by atoms with E-state index in [0.717, 1.165) is 5.56 Å². The van der Waals surface area contributed by atoms with Gasteiger partial charge in [0.1, 0.15) is 0 Å². The minimum absolute atomic E-state index is 0.115. The standard InChI is InChI=1S/C20H17ClN2O4S/c1-2-26-19(25)14-4-3-5-16(10-14)23-18(24)12-28-20-22-11-17(27-20)13-6-8-15(21)9-7-13/h3-11H,2,12H2,1H3,(H,23,24). The van der Waals surface area contributed by atoms with Crippen molar-refractivity contribution in [3.8, 4) is 11.3 Å². The fourth-order valence-corrected chi connectivity index (χ4v) is 3.06. The highest BCUT2D eigenvalue weighted by Gasteiger charge is 2.11. The Balaban J connectivity index is 1.56. The highest BCUT2D eigenvalue weighted by molar-refractivity contribution is 7.99. The highest BCUT2D eigenvalue weighted by atomic mass is 35.5. The molecule has 0 saturated carbocycles. The topological polar surface area (TPSA) is 81.4 Å². The molecule has 0 aliphatic rings. The number of hydrogen-bond donors (Lipinski definition) is 1. The van der Waals surface area contributed by atoms with E-state index in [1.165, 1.54) is 11.8 Å². The van der Waals surface area contributed by atoms with Crippen LogP contribution >= 0.6 is 23.4 Å². The molecular weight excluding hydrogens is 400 g/mol. The Morgan fingerprint density at radius 3 is 2.75 bits per heavy atom. The van der Waals surface area contributed by atoms with Gasteiger partial charge >= 0.3 is 5.97 Å². The maximum atomic E-state index is 12.2. The van der Waals surface area contributed by atoms with E-state index in [4.69, 9.17) is 20.8 Å². The van der Waals surface area contributed by atoms with Gasteiger partial charge in [-0.15, -0.1) is 0 Å². The number of aromatic nitrogens is 1. The zero-order chi connectivity index (χ0) is 19.9. The Morgan fingerprint density at radius 1 is 1.21 bits per heavy atom. The summed E-state index contributed by atoms with van der Waals surface area (Å²) in [4.78, 5) is 28.1. The van der Waals surface area contributed by atoms with Crippen LogP contribution in [0.5, 0.6) is 0 Å². The average Bonchev–Trinajstić information content (AvgIpc) is 3.16. The number of carbonyl (C=O) groups excluding carboxylic acids is 2. The SMILES string of the molecule is CCOC(=O)c1cccc(NC(=O)CSc2ncc(-c3ccc(Cl)cc3)o2)c1. The van der Waals surface area contributed by atoms with Gasteiger partial charge in [-0.25, -0.2) is 9.78 Å². The highest BCUT2D eigenvalue weighted by Crippen LogP contribution is 2.26. The molecule has 144 valence electrons. The number of carbonyl (C=O) groups is 2. The molecule has 0 atom stereocenters. The van der Waals surface area contributed by atoms with Gasteiger partial charge in [-0.1, -0.05) is 29.4 Å². The molecule has 1 amide bonds. The fourth-order valence-electron chi connectivity index (χ4n) is 2.34. The molecule has 6 nitrogen and oxygen atoms in total. The second-order valence-corrected chi connectivity index (χ2v) is 7.00. The third-order valence-electron chi connectivity index (χ3n) is 3.60. The molecule has 3 rings (SSSR count). The van der Waals surface area contributed by atoms with Crippen LogP contribution in [0.1, 0.15) is 17.3 Å². The molecule has 0 saturated heterocycles. The summed E-state index contributed by atoms with van der Waals surface area (Å²) in [6.45, 7) is 2.03. The Hall–Kier alpha value is -2.77. The normalized spacial score (nSPS) is 10.5. The lowest BCUT2D eigenvalue weighted by Gasteiger charge is -2.06. The maximum Gasteiger partial charge on any atom is 0.338 e. The van der Waals surface area contributed by atoms with Crippen LogP contribution in [0.2, 0.25) is 5.02 Å². The van der Waals surface area contributed by atoms with Crippen LogP contribution in [0.3, 0.4) is 0 Å². The molecular formula is C20H17ClN2O4S. The number of oxazole rings is 1. The van der Waals surface area contributed by atoms with E-state index in [-0.39, 0.29) is 11.7 Å². The lowest BCUT2D eigenvalue weighted by atomic mass is 10.2. The van der Waals surface area contributed by atoms with Gasteiger partial charge in [0.15, 0.2) is 5.76 Å². The van der Waals surface area contributed by atoms with Crippen LogP contribution < -0.4 is 5.32 Å². The molecule has 0 aliphatic carbocycles. The summed E-state index contributed by atoms with van der Waals surface area (Å²) >= 11 is 7.06. The number of thioether (sulfide) groups is 1. The Kier molecular flexibility index (Phi) is 6.73. The largest absolute Gasteiger partial charge is 0.462 e. The maximum absolute atomic E-state index is 12.2. The van der Waals surface area contributed by atoms with E-state index in [1.54, 1.807) is 49.5 Å². The molecule has 1 N–H and O–H groups in total. The van der Waals surface area contributed by atoms with Gasteiger partial charge in [0.25, 0.3) is 5.22 Å². The third-order valence-corrected chi connectivity index (χ3v) is 4.69. The minimum Gasteiger partial charge on any atom is -0.462 e. The number of nitrogens with zero attached hydrogens (tertiary/aromatic N) is 1. The number of anilines is 1. The van der Waals surface area contributed by atoms with Crippen LogP contribution in [0.25, 0.3) is 11.3 Å². The monoisotopic (exact) mass is 416 g/mol. The quantitative estimate of drug-likeness (QED) is 0.435. The first-order chi connectivity index (χ1) is 13.5. The van der Waals surface area contributed by atoms with E-state index in [0.29, 0.717) is 33.9 Å². The number of nitrogens with one attached hydrogen (secondary N) is 1. The first kappa shape index (κ1) is 20.0. The first-order valence-electron chi connectivity index (χ1n) is 8.46. The molecule has 1 heterocycles. The summed E-state index contributed by atoms with van der Waals surface area (Å²) in [5, 5.41) is 3.77.